The second-order valence-electron chi connectivity index (χ2n) is 14.5. The molecule has 19 nitrogen and oxygen atoms in total. The zero-order valence-corrected chi connectivity index (χ0v) is 34.1. The van der Waals surface area contributed by atoms with Crippen LogP contribution in [0.5, 0.6) is 5.88 Å². The normalized spacial score (nSPS) is 11.5. The van der Waals surface area contributed by atoms with Gasteiger partial charge in [0.05, 0.1) is 33.7 Å². The van der Waals surface area contributed by atoms with Crippen LogP contribution in [0, 0.1) is 0 Å². The molecule has 20 heteroatoms. The van der Waals surface area contributed by atoms with Crippen molar-refractivity contribution in [1.82, 2.24) is 19.9 Å². The summed E-state index contributed by atoms with van der Waals surface area (Å²) in [6, 6.07) is 0. The standard InChI is InChI=1S/C17H25N3O7.C16H22BrN3O6/c1-16(2,3)26-14(22)20(15(23)27-17(4,5)6)12-11(13(21)25-8)19-10(24-7)9-18-12;1-15(2,3)25-13(22)20(14(23)26-16(4,5)6)11-10(12(21)24-7)19-9(17)8-18-11/h9H,1-8H3;8H,1-7H3. The van der Waals surface area contributed by atoms with Gasteiger partial charge in [0.1, 0.15) is 27.0 Å². The van der Waals surface area contributed by atoms with Crippen LogP contribution in [0.15, 0.2) is 17.0 Å². The summed E-state index contributed by atoms with van der Waals surface area (Å²) in [4.78, 5) is 91.5. The number of halogens is 1. The van der Waals surface area contributed by atoms with E-state index in [2.05, 4.69) is 45.3 Å². The van der Waals surface area contributed by atoms with Gasteiger partial charge in [-0.3, -0.25) is 0 Å². The molecule has 2 aromatic rings. The summed E-state index contributed by atoms with van der Waals surface area (Å²) in [7, 11) is 3.59. The van der Waals surface area contributed by atoms with E-state index < -0.39 is 70.2 Å². The summed E-state index contributed by atoms with van der Waals surface area (Å²) in [6.07, 6.45) is -1.92. The minimum Gasteiger partial charge on any atom is -0.480 e. The van der Waals surface area contributed by atoms with Crippen LogP contribution in [0.2, 0.25) is 0 Å². The van der Waals surface area contributed by atoms with E-state index in [0.717, 1.165) is 20.4 Å². The number of aromatic nitrogens is 4. The number of imide groups is 2. The molecule has 2 heterocycles. The fraction of sp³-hybridized carbons (Fsp3) is 0.576. The van der Waals surface area contributed by atoms with Crippen LogP contribution in [0.25, 0.3) is 0 Å². The minimum absolute atomic E-state index is 0.00697. The Labute approximate surface area is 316 Å². The Morgan fingerprint density at radius 2 is 0.830 bits per heavy atom. The fourth-order valence-electron chi connectivity index (χ4n) is 3.35. The van der Waals surface area contributed by atoms with Crippen LogP contribution in [-0.2, 0) is 28.4 Å². The molecule has 0 aromatic carbocycles. The lowest BCUT2D eigenvalue weighted by Gasteiger charge is -2.28. The van der Waals surface area contributed by atoms with Gasteiger partial charge in [-0.15, -0.1) is 0 Å². The van der Waals surface area contributed by atoms with E-state index in [0.29, 0.717) is 9.80 Å². The van der Waals surface area contributed by atoms with Crippen molar-refractivity contribution < 1.29 is 61.9 Å². The maximum atomic E-state index is 12.7. The Kier molecular flexibility index (Phi) is 15.6. The number of amides is 4. The molecule has 0 bridgehead atoms. The Morgan fingerprint density at radius 3 is 1.11 bits per heavy atom. The Bertz CT molecular complexity index is 1620. The third-order valence-electron chi connectivity index (χ3n) is 5.15. The van der Waals surface area contributed by atoms with Crippen molar-refractivity contribution >= 4 is 63.9 Å². The highest BCUT2D eigenvalue weighted by Crippen LogP contribution is 2.26. The van der Waals surface area contributed by atoms with Crippen LogP contribution in [0.1, 0.15) is 104 Å². The van der Waals surface area contributed by atoms with Crippen molar-refractivity contribution in [3.63, 3.8) is 0 Å². The molecular weight excluding hydrogens is 768 g/mol. The Balaban J connectivity index is 0.000000530. The molecule has 0 unspecified atom stereocenters. The largest absolute Gasteiger partial charge is 0.480 e. The molecule has 0 saturated carbocycles. The summed E-state index contributed by atoms with van der Waals surface area (Å²) in [5.74, 6) is -2.57. The molecule has 4 amide bonds. The molecular formula is C33H47BrN6O13. The van der Waals surface area contributed by atoms with Crippen molar-refractivity contribution in [2.45, 2.75) is 105 Å². The van der Waals surface area contributed by atoms with Gasteiger partial charge >= 0.3 is 36.3 Å². The molecule has 294 valence electrons. The molecule has 0 aliphatic heterocycles. The van der Waals surface area contributed by atoms with Crippen molar-refractivity contribution in [3.8, 4) is 5.88 Å². The molecule has 0 N–H and O–H groups in total. The monoisotopic (exact) mass is 814 g/mol. The number of methoxy groups -OCH3 is 3. The van der Waals surface area contributed by atoms with Crippen LogP contribution < -0.4 is 14.5 Å². The summed E-state index contributed by atoms with van der Waals surface area (Å²) >= 11 is 3.08. The first-order valence-corrected chi connectivity index (χ1v) is 16.5. The molecule has 0 aliphatic carbocycles. The van der Waals surface area contributed by atoms with E-state index in [-0.39, 0.29) is 22.0 Å². The average molecular weight is 816 g/mol. The van der Waals surface area contributed by atoms with E-state index in [1.165, 1.54) is 13.3 Å². The number of hydrogen-bond acceptors (Lipinski definition) is 17. The van der Waals surface area contributed by atoms with Gasteiger partial charge < -0.3 is 33.2 Å². The molecule has 53 heavy (non-hydrogen) atoms. The van der Waals surface area contributed by atoms with Crippen molar-refractivity contribution in [2.24, 2.45) is 0 Å². The van der Waals surface area contributed by atoms with Gasteiger partial charge in [-0.1, -0.05) is 0 Å². The number of rotatable bonds is 5. The topological polar surface area (TPSA) is 225 Å². The number of ether oxygens (including phenoxy) is 7. The van der Waals surface area contributed by atoms with E-state index in [1.807, 2.05) is 0 Å². The zero-order valence-electron chi connectivity index (χ0n) is 32.5. The molecule has 0 saturated heterocycles. The number of carbonyl (C=O) groups excluding carboxylic acids is 6. The smallest absolute Gasteiger partial charge is 0.425 e. The summed E-state index contributed by atoms with van der Waals surface area (Å²) in [5.41, 5.74) is -4.38. The third-order valence-corrected chi connectivity index (χ3v) is 5.53. The number of anilines is 2. The number of esters is 2. The lowest BCUT2D eigenvalue weighted by Crippen LogP contribution is -2.45. The summed E-state index contributed by atoms with van der Waals surface area (Å²) < 4.78 is 35.4. The number of carbonyl (C=O) groups is 6. The third kappa shape index (κ3) is 15.2. The van der Waals surface area contributed by atoms with Crippen molar-refractivity contribution in [2.75, 3.05) is 31.1 Å². The first-order chi connectivity index (χ1) is 24.0. The van der Waals surface area contributed by atoms with Gasteiger partial charge in [0.2, 0.25) is 5.88 Å². The Hall–Kier alpha value is -5.14. The van der Waals surface area contributed by atoms with Gasteiger partial charge in [0.15, 0.2) is 23.0 Å². The maximum Gasteiger partial charge on any atom is 0.425 e. The highest BCUT2D eigenvalue weighted by atomic mass is 79.9. The van der Waals surface area contributed by atoms with Crippen molar-refractivity contribution in [1.29, 1.82) is 0 Å². The SMILES string of the molecule is COC(=O)c1nc(Br)cnc1N(C(=O)OC(C)(C)C)C(=O)OC(C)(C)C.COC(=O)c1nc(OC)cnc1N(C(=O)OC(C)(C)C)C(=O)OC(C)(C)C. The van der Waals surface area contributed by atoms with Crippen LogP contribution in [-0.4, -0.2) is 100.0 Å². The lowest BCUT2D eigenvalue weighted by molar-refractivity contribution is 0.0404. The lowest BCUT2D eigenvalue weighted by atomic mass is 10.2. The molecule has 0 aliphatic rings. The van der Waals surface area contributed by atoms with E-state index in [4.69, 9.17) is 23.7 Å². The van der Waals surface area contributed by atoms with E-state index in [9.17, 15) is 28.8 Å². The van der Waals surface area contributed by atoms with Crippen LogP contribution >= 0.6 is 15.9 Å². The van der Waals surface area contributed by atoms with E-state index in [1.54, 1.807) is 83.1 Å². The first kappa shape index (κ1) is 45.9. The van der Waals surface area contributed by atoms with Gasteiger partial charge in [0, 0.05) is 0 Å². The Morgan fingerprint density at radius 1 is 0.528 bits per heavy atom. The predicted molar refractivity (Wildman–Crippen MR) is 191 cm³/mol. The molecule has 0 fully saturated rings. The number of hydrogen-bond donors (Lipinski definition) is 0. The molecule has 0 spiro atoms. The van der Waals surface area contributed by atoms with Gasteiger partial charge in [-0.25, -0.2) is 48.7 Å². The molecule has 0 radical (unpaired) electrons. The summed E-state index contributed by atoms with van der Waals surface area (Å²) in [6.45, 7) is 19.5. The quantitative estimate of drug-likeness (QED) is 0.227. The first-order valence-electron chi connectivity index (χ1n) is 15.7. The second-order valence-corrected chi connectivity index (χ2v) is 15.3. The number of nitrogens with zero attached hydrogens (tertiary/aromatic N) is 6. The fourth-order valence-corrected chi connectivity index (χ4v) is 3.63. The van der Waals surface area contributed by atoms with Gasteiger partial charge in [-0.05, 0) is 99.0 Å². The van der Waals surface area contributed by atoms with Gasteiger partial charge in [0.25, 0.3) is 0 Å². The zero-order chi connectivity index (χ0) is 41.3. The maximum absolute atomic E-state index is 12.7. The molecule has 2 rings (SSSR count). The average Bonchev–Trinajstić information content (AvgIpc) is 2.98. The van der Waals surface area contributed by atoms with Gasteiger partial charge in [-0.2, -0.15) is 9.80 Å². The van der Waals surface area contributed by atoms with Crippen LogP contribution in [0.3, 0.4) is 0 Å². The van der Waals surface area contributed by atoms with E-state index >= 15 is 0 Å². The molecule has 2 aromatic heterocycles. The minimum atomic E-state index is -1.08. The highest BCUT2D eigenvalue weighted by Gasteiger charge is 2.39. The van der Waals surface area contributed by atoms with Crippen molar-refractivity contribution in [3.05, 3.63) is 28.4 Å². The predicted octanol–water partition coefficient (Wildman–Crippen LogP) is 6.65. The second kappa shape index (κ2) is 18.1. The van der Waals surface area contributed by atoms with Crippen LogP contribution in [0.4, 0.5) is 30.8 Å². The highest BCUT2D eigenvalue weighted by molar-refractivity contribution is 9.10. The molecule has 0 atom stereocenters. The summed E-state index contributed by atoms with van der Waals surface area (Å²) in [5, 5.41) is 0.